The summed E-state index contributed by atoms with van der Waals surface area (Å²) >= 11 is 0. The van der Waals surface area contributed by atoms with Crippen LogP contribution >= 0.6 is 0 Å². The second-order valence-corrected chi connectivity index (χ2v) is 8.14. The van der Waals surface area contributed by atoms with Gasteiger partial charge in [0.15, 0.2) is 0 Å². The summed E-state index contributed by atoms with van der Waals surface area (Å²) in [5, 5.41) is 0. The minimum absolute atomic E-state index is 0.656. The van der Waals surface area contributed by atoms with Crippen molar-refractivity contribution in [1.29, 1.82) is 0 Å². The zero-order chi connectivity index (χ0) is 13.9. The molecule has 3 aliphatic carbocycles. The van der Waals surface area contributed by atoms with Crippen molar-refractivity contribution in [2.24, 2.45) is 23.2 Å². The monoisotopic (exact) mass is 268 g/mol. The molecule has 0 amide bonds. The van der Waals surface area contributed by atoms with E-state index in [9.17, 15) is 0 Å². The van der Waals surface area contributed by atoms with E-state index < -0.39 is 0 Å². The Labute approximate surface area is 124 Å². The number of rotatable bonds is 0. The van der Waals surface area contributed by atoms with E-state index in [1.807, 2.05) is 0 Å². The molecule has 0 bridgehead atoms. The third kappa shape index (κ3) is 1.66. The van der Waals surface area contributed by atoms with Crippen LogP contribution in [-0.4, -0.2) is 0 Å². The number of hydrogen-bond donors (Lipinski definition) is 0. The molecule has 2 fully saturated rings. The van der Waals surface area contributed by atoms with Gasteiger partial charge in [-0.2, -0.15) is 0 Å². The minimum atomic E-state index is 0.656. The molecule has 0 aliphatic heterocycles. The van der Waals surface area contributed by atoms with Crippen LogP contribution in [0.4, 0.5) is 0 Å². The second kappa shape index (κ2) is 4.36. The summed E-state index contributed by atoms with van der Waals surface area (Å²) in [5.41, 5.74) is 5.48. The van der Waals surface area contributed by atoms with Crippen LogP contribution in [0.25, 0.3) is 0 Å². The molecule has 0 nitrogen and oxygen atoms in total. The van der Waals surface area contributed by atoms with E-state index in [0.717, 1.165) is 23.7 Å². The predicted molar refractivity (Wildman–Crippen MR) is 85.0 cm³/mol. The SMILES string of the molecule is Cc1ccc2c(c1)CCC1C2CC[C@@]2(C)C1CC[C@@H]2C. The maximum Gasteiger partial charge on any atom is -0.0128 e. The van der Waals surface area contributed by atoms with Crippen LogP contribution in [0.2, 0.25) is 0 Å². The van der Waals surface area contributed by atoms with Crippen molar-refractivity contribution in [3.8, 4) is 0 Å². The van der Waals surface area contributed by atoms with E-state index in [2.05, 4.69) is 39.0 Å². The van der Waals surface area contributed by atoms with Gasteiger partial charge in [-0.15, -0.1) is 0 Å². The molecule has 3 aliphatic rings. The molecule has 0 spiro atoms. The topological polar surface area (TPSA) is 0 Å². The molecule has 108 valence electrons. The molecular formula is C20H28. The first-order valence-electron chi connectivity index (χ1n) is 8.69. The van der Waals surface area contributed by atoms with Crippen molar-refractivity contribution in [3.63, 3.8) is 0 Å². The van der Waals surface area contributed by atoms with Crippen LogP contribution in [0.15, 0.2) is 18.2 Å². The van der Waals surface area contributed by atoms with Gasteiger partial charge in [0.2, 0.25) is 0 Å². The van der Waals surface area contributed by atoms with Gasteiger partial charge in [0.1, 0.15) is 0 Å². The molecule has 0 aromatic heterocycles. The van der Waals surface area contributed by atoms with E-state index >= 15 is 0 Å². The smallest absolute Gasteiger partial charge is 0.0128 e. The van der Waals surface area contributed by atoms with Gasteiger partial charge in [-0.25, -0.2) is 0 Å². The summed E-state index contributed by atoms with van der Waals surface area (Å²) < 4.78 is 0. The fraction of sp³-hybridized carbons (Fsp3) is 0.700. The van der Waals surface area contributed by atoms with Gasteiger partial charge in [0, 0.05) is 0 Å². The van der Waals surface area contributed by atoms with Crippen LogP contribution < -0.4 is 0 Å². The third-order valence-electron chi connectivity index (χ3n) is 7.36. The summed E-state index contributed by atoms with van der Waals surface area (Å²) in [4.78, 5) is 0. The summed E-state index contributed by atoms with van der Waals surface area (Å²) in [6.45, 7) is 7.36. The minimum Gasteiger partial charge on any atom is -0.0620 e. The molecular weight excluding hydrogens is 240 g/mol. The van der Waals surface area contributed by atoms with E-state index in [1.54, 1.807) is 11.1 Å². The summed E-state index contributed by atoms with van der Waals surface area (Å²) in [7, 11) is 0. The second-order valence-electron chi connectivity index (χ2n) is 8.14. The molecule has 0 radical (unpaired) electrons. The molecule has 0 saturated heterocycles. The molecule has 0 heteroatoms. The maximum absolute atomic E-state index is 2.61. The molecule has 1 aromatic rings. The quantitative estimate of drug-likeness (QED) is 0.584. The lowest BCUT2D eigenvalue weighted by molar-refractivity contribution is 0.0337. The fourth-order valence-electron chi connectivity index (χ4n) is 5.97. The Morgan fingerprint density at radius 2 is 1.95 bits per heavy atom. The molecule has 3 unspecified atom stereocenters. The van der Waals surface area contributed by atoms with Gasteiger partial charge in [-0.05, 0) is 85.7 Å². The zero-order valence-electron chi connectivity index (χ0n) is 13.3. The van der Waals surface area contributed by atoms with Crippen molar-refractivity contribution in [2.75, 3.05) is 0 Å². The van der Waals surface area contributed by atoms with Crippen LogP contribution in [0.1, 0.15) is 68.6 Å². The number of benzene rings is 1. The van der Waals surface area contributed by atoms with Crippen LogP contribution in [-0.2, 0) is 6.42 Å². The largest absolute Gasteiger partial charge is 0.0620 e. The van der Waals surface area contributed by atoms with Gasteiger partial charge in [-0.3, -0.25) is 0 Å². The van der Waals surface area contributed by atoms with Gasteiger partial charge >= 0.3 is 0 Å². The fourth-order valence-corrected chi connectivity index (χ4v) is 5.97. The first-order valence-corrected chi connectivity index (χ1v) is 8.69. The lowest BCUT2D eigenvalue weighted by atomic mass is 9.54. The summed E-state index contributed by atoms with van der Waals surface area (Å²) in [6.07, 6.45) is 8.67. The Balaban J connectivity index is 1.71. The van der Waals surface area contributed by atoms with Crippen LogP contribution in [0.3, 0.4) is 0 Å². The average Bonchev–Trinajstić information content (AvgIpc) is 2.74. The molecule has 5 atom stereocenters. The van der Waals surface area contributed by atoms with E-state index in [1.165, 1.54) is 44.1 Å². The summed E-state index contributed by atoms with van der Waals surface area (Å²) in [6, 6.07) is 7.26. The molecule has 20 heavy (non-hydrogen) atoms. The standard InChI is InChI=1S/C20H28/c1-13-4-7-16-15(12-13)6-8-18-17(16)10-11-20(3)14(2)5-9-19(18)20/h4,7,12,14,17-19H,5-6,8-11H2,1-3H3/t14-,17?,18?,19?,20+/m0/s1. The highest BCUT2D eigenvalue weighted by molar-refractivity contribution is 5.37. The molecule has 2 saturated carbocycles. The normalized spacial score (nSPS) is 42.8. The van der Waals surface area contributed by atoms with Gasteiger partial charge < -0.3 is 0 Å². The van der Waals surface area contributed by atoms with Crippen molar-refractivity contribution in [3.05, 3.63) is 34.9 Å². The highest BCUT2D eigenvalue weighted by Crippen LogP contribution is 2.62. The molecule has 4 rings (SSSR count). The Bertz CT molecular complexity index is 529. The molecule has 0 heterocycles. The van der Waals surface area contributed by atoms with Crippen molar-refractivity contribution in [2.45, 2.75) is 65.2 Å². The predicted octanol–water partition coefficient (Wildman–Crippen LogP) is 5.49. The average molecular weight is 268 g/mol. The van der Waals surface area contributed by atoms with Crippen LogP contribution in [0.5, 0.6) is 0 Å². The van der Waals surface area contributed by atoms with Gasteiger partial charge in [-0.1, -0.05) is 37.6 Å². The number of fused-ring (bicyclic) bond motifs is 5. The van der Waals surface area contributed by atoms with E-state index in [4.69, 9.17) is 0 Å². The van der Waals surface area contributed by atoms with Crippen molar-refractivity contribution < 1.29 is 0 Å². The highest BCUT2D eigenvalue weighted by Gasteiger charge is 2.53. The Morgan fingerprint density at radius 3 is 2.80 bits per heavy atom. The Kier molecular flexibility index (Phi) is 2.81. The van der Waals surface area contributed by atoms with Crippen molar-refractivity contribution in [1.82, 2.24) is 0 Å². The van der Waals surface area contributed by atoms with Crippen molar-refractivity contribution >= 4 is 0 Å². The molecule has 1 aromatic carbocycles. The Morgan fingerprint density at radius 1 is 1.10 bits per heavy atom. The maximum atomic E-state index is 2.61. The summed E-state index contributed by atoms with van der Waals surface area (Å²) in [5.74, 6) is 3.81. The van der Waals surface area contributed by atoms with E-state index in [-0.39, 0.29) is 0 Å². The lowest BCUT2D eigenvalue weighted by Gasteiger charge is -2.50. The third-order valence-corrected chi connectivity index (χ3v) is 7.36. The molecule has 0 N–H and O–H groups in total. The first-order chi connectivity index (χ1) is 9.59. The van der Waals surface area contributed by atoms with Crippen LogP contribution in [0, 0.1) is 30.1 Å². The van der Waals surface area contributed by atoms with Gasteiger partial charge in [0.25, 0.3) is 0 Å². The Hall–Kier alpha value is -0.780. The van der Waals surface area contributed by atoms with E-state index in [0.29, 0.717) is 5.41 Å². The highest BCUT2D eigenvalue weighted by atomic mass is 14.6. The number of hydrogen-bond acceptors (Lipinski definition) is 0. The lowest BCUT2D eigenvalue weighted by Crippen LogP contribution is -2.41. The number of aryl methyl sites for hydroxylation is 2. The zero-order valence-corrected chi connectivity index (χ0v) is 13.3. The van der Waals surface area contributed by atoms with Gasteiger partial charge in [0.05, 0.1) is 0 Å². The first kappa shape index (κ1) is 12.9.